The fourth-order valence-electron chi connectivity index (χ4n) is 1.69. The van der Waals surface area contributed by atoms with Crippen LogP contribution in [0.3, 0.4) is 0 Å². The molecule has 1 aromatic heterocycles. The second-order valence-electron chi connectivity index (χ2n) is 4.24. The molecule has 2 rings (SSSR count). The first-order valence-corrected chi connectivity index (χ1v) is 8.17. The molecular formula is C14H14BrClFNOS. The molecule has 0 radical (unpaired) electrons. The molecule has 2 aromatic rings. The minimum Gasteiger partial charge on any atom is -0.491 e. The Morgan fingerprint density at radius 1 is 1.50 bits per heavy atom. The predicted molar refractivity (Wildman–Crippen MR) is 85.3 cm³/mol. The van der Waals surface area contributed by atoms with Gasteiger partial charge in [0.15, 0.2) is 0 Å². The van der Waals surface area contributed by atoms with E-state index in [4.69, 9.17) is 16.3 Å². The first-order valence-electron chi connectivity index (χ1n) is 6.12. The van der Waals surface area contributed by atoms with Crippen molar-refractivity contribution in [2.75, 3.05) is 13.2 Å². The number of rotatable bonds is 6. The minimum atomic E-state index is -0.482. The summed E-state index contributed by atoms with van der Waals surface area (Å²) in [5.74, 6) is -0.0257. The van der Waals surface area contributed by atoms with Crippen molar-refractivity contribution in [3.8, 4) is 5.75 Å². The van der Waals surface area contributed by atoms with Crippen LogP contribution < -0.4 is 10.1 Å². The summed E-state index contributed by atoms with van der Waals surface area (Å²) < 4.78 is 19.5. The number of halogens is 3. The highest BCUT2D eigenvalue weighted by Crippen LogP contribution is 2.30. The van der Waals surface area contributed by atoms with Gasteiger partial charge in [-0.05, 0) is 40.4 Å². The third-order valence-electron chi connectivity index (χ3n) is 2.75. The first kappa shape index (κ1) is 15.8. The van der Waals surface area contributed by atoms with E-state index in [2.05, 4.69) is 39.6 Å². The Morgan fingerprint density at radius 3 is 3.00 bits per heavy atom. The molecule has 1 heterocycles. The van der Waals surface area contributed by atoms with Crippen LogP contribution >= 0.6 is 38.9 Å². The number of ether oxygens (including phenoxy) is 1. The molecule has 0 saturated carbocycles. The Kier molecular flexibility index (Phi) is 5.84. The van der Waals surface area contributed by atoms with Crippen LogP contribution in [0.1, 0.15) is 17.8 Å². The van der Waals surface area contributed by atoms with Gasteiger partial charge in [0.2, 0.25) is 0 Å². The van der Waals surface area contributed by atoms with Gasteiger partial charge in [0.25, 0.3) is 0 Å². The van der Waals surface area contributed by atoms with Crippen LogP contribution in [0.5, 0.6) is 5.75 Å². The molecule has 1 aromatic carbocycles. The van der Waals surface area contributed by atoms with Crippen molar-refractivity contribution in [1.82, 2.24) is 5.32 Å². The lowest BCUT2D eigenvalue weighted by Crippen LogP contribution is -2.23. The van der Waals surface area contributed by atoms with Crippen LogP contribution in [-0.2, 0) is 0 Å². The molecule has 1 N–H and O–H groups in total. The van der Waals surface area contributed by atoms with E-state index < -0.39 is 5.82 Å². The maximum absolute atomic E-state index is 13.3. The van der Waals surface area contributed by atoms with Gasteiger partial charge in [-0.25, -0.2) is 4.39 Å². The summed E-state index contributed by atoms with van der Waals surface area (Å²) in [7, 11) is 0. The molecule has 0 aliphatic heterocycles. The Bertz CT molecular complexity index is 565. The standard InChI is InChI=1S/C14H14BrClFNOS/c1-9(14-3-2-6-20-14)18-4-5-19-13-8-12(17)11(16)7-10(13)15/h2-3,6-9,18H,4-5H2,1H3. The minimum absolute atomic E-state index is 0.0775. The van der Waals surface area contributed by atoms with Crippen molar-refractivity contribution in [2.24, 2.45) is 0 Å². The van der Waals surface area contributed by atoms with Gasteiger partial charge in [-0.3, -0.25) is 0 Å². The Balaban J connectivity index is 1.80. The largest absolute Gasteiger partial charge is 0.491 e. The van der Waals surface area contributed by atoms with Crippen LogP contribution in [0.2, 0.25) is 5.02 Å². The van der Waals surface area contributed by atoms with Crippen molar-refractivity contribution >= 4 is 38.9 Å². The average Bonchev–Trinajstić information content (AvgIpc) is 2.94. The van der Waals surface area contributed by atoms with Crippen LogP contribution in [0.15, 0.2) is 34.1 Å². The van der Waals surface area contributed by atoms with Crippen LogP contribution in [0.4, 0.5) is 4.39 Å². The van der Waals surface area contributed by atoms with Gasteiger partial charge in [-0.15, -0.1) is 11.3 Å². The molecule has 0 spiro atoms. The molecule has 1 atom stereocenters. The van der Waals surface area contributed by atoms with Gasteiger partial charge in [-0.2, -0.15) is 0 Å². The number of benzene rings is 1. The average molecular weight is 379 g/mol. The molecule has 20 heavy (non-hydrogen) atoms. The molecular weight excluding hydrogens is 365 g/mol. The Labute approximate surface area is 135 Å². The molecule has 0 fully saturated rings. The van der Waals surface area contributed by atoms with Crippen LogP contribution in [0.25, 0.3) is 0 Å². The smallest absolute Gasteiger partial charge is 0.145 e. The zero-order valence-electron chi connectivity index (χ0n) is 10.8. The number of hydrogen-bond acceptors (Lipinski definition) is 3. The van der Waals surface area contributed by atoms with Gasteiger partial charge in [0, 0.05) is 23.5 Å². The summed E-state index contributed by atoms with van der Waals surface area (Å²) in [6.07, 6.45) is 0. The lowest BCUT2D eigenvalue weighted by molar-refractivity contribution is 0.305. The van der Waals surface area contributed by atoms with Crippen molar-refractivity contribution in [1.29, 1.82) is 0 Å². The fourth-order valence-corrected chi connectivity index (χ4v) is 3.20. The molecule has 0 bridgehead atoms. The molecule has 0 aliphatic carbocycles. The van der Waals surface area contributed by atoms with Crippen LogP contribution in [-0.4, -0.2) is 13.2 Å². The SMILES string of the molecule is CC(NCCOc1cc(F)c(Cl)cc1Br)c1cccs1. The molecule has 0 saturated heterocycles. The summed E-state index contributed by atoms with van der Waals surface area (Å²) >= 11 is 10.7. The highest BCUT2D eigenvalue weighted by molar-refractivity contribution is 9.10. The van der Waals surface area contributed by atoms with Gasteiger partial charge in [-0.1, -0.05) is 17.7 Å². The lowest BCUT2D eigenvalue weighted by atomic mass is 10.3. The van der Waals surface area contributed by atoms with E-state index in [-0.39, 0.29) is 11.1 Å². The zero-order valence-corrected chi connectivity index (χ0v) is 14.0. The maximum atomic E-state index is 13.3. The summed E-state index contributed by atoms with van der Waals surface area (Å²) in [5, 5.41) is 5.48. The lowest BCUT2D eigenvalue weighted by Gasteiger charge is -2.13. The summed E-state index contributed by atoms with van der Waals surface area (Å²) in [4.78, 5) is 1.28. The summed E-state index contributed by atoms with van der Waals surface area (Å²) in [6, 6.07) is 7.18. The van der Waals surface area contributed by atoms with E-state index in [0.29, 0.717) is 23.4 Å². The third-order valence-corrected chi connectivity index (χ3v) is 4.72. The topological polar surface area (TPSA) is 21.3 Å². The van der Waals surface area contributed by atoms with Crippen LogP contribution in [0, 0.1) is 5.82 Å². The molecule has 2 nitrogen and oxygen atoms in total. The number of nitrogens with one attached hydrogen (secondary N) is 1. The molecule has 108 valence electrons. The maximum Gasteiger partial charge on any atom is 0.145 e. The molecule has 6 heteroatoms. The highest BCUT2D eigenvalue weighted by Gasteiger charge is 2.08. The fraction of sp³-hybridized carbons (Fsp3) is 0.286. The van der Waals surface area contributed by atoms with E-state index in [0.717, 1.165) is 0 Å². The Morgan fingerprint density at radius 2 is 2.30 bits per heavy atom. The highest BCUT2D eigenvalue weighted by atomic mass is 79.9. The van der Waals surface area contributed by atoms with Gasteiger partial charge in [0.05, 0.1) is 9.50 Å². The second kappa shape index (κ2) is 7.41. The molecule has 1 unspecified atom stereocenters. The predicted octanol–water partition coefficient (Wildman–Crippen LogP) is 5.03. The summed E-state index contributed by atoms with van der Waals surface area (Å²) in [6.45, 7) is 3.23. The van der Waals surface area contributed by atoms with Gasteiger partial charge < -0.3 is 10.1 Å². The quantitative estimate of drug-likeness (QED) is 0.562. The number of hydrogen-bond donors (Lipinski definition) is 1. The van der Waals surface area contributed by atoms with E-state index in [1.165, 1.54) is 17.0 Å². The summed E-state index contributed by atoms with van der Waals surface area (Å²) in [5.41, 5.74) is 0. The third kappa shape index (κ3) is 4.19. The Hall–Kier alpha value is -0.620. The molecule has 0 aliphatic rings. The number of thiophene rings is 1. The monoisotopic (exact) mass is 377 g/mol. The van der Waals surface area contributed by atoms with Gasteiger partial charge >= 0.3 is 0 Å². The second-order valence-corrected chi connectivity index (χ2v) is 6.48. The van der Waals surface area contributed by atoms with E-state index in [1.54, 1.807) is 11.3 Å². The van der Waals surface area contributed by atoms with Crippen molar-refractivity contribution in [2.45, 2.75) is 13.0 Å². The van der Waals surface area contributed by atoms with Crippen molar-refractivity contribution in [3.05, 3.63) is 49.8 Å². The normalized spacial score (nSPS) is 12.4. The van der Waals surface area contributed by atoms with E-state index in [9.17, 15) is 4.39 Å². The zero-order chi connectivity index (χ0) is 14.5. The first-order chi connectivity index (χ1) is 9.58. The van der Waals surface area contributed by atoms with Gasteiger partial charge in [0.1, 0.15) is 18.2 Å². The molecule has 0 amide bonds. The van der Waals surface area contributed by atoms with E-state index in [1.807, 2.05) is 6.07 Å². The van der Waals surface area contributed by atoms with Crippen molar-refractivity contribution in [3.63, 3.8) is 0 Å². The van der Waals surface area contributed by atoms with E-state index >= 15 is 0 Å². The van der Waals surface area contributed by atoms with Crippen molar-refractivity contribution < 1.29 is 9.13 Å².